The number of alkyl halides is 3. The number of amides is 1. The van der Waals surface area contributed by atoms with E-state index in [4.69, 9.17) is 10.5 Å². The number of halogens is 3. The molecule has 0 aliphatic heterocycles. The van der Waals surface area contributed by atoms with Crippen molar-refractivity contribution in [3.05, 3.63) is 17.7 Å². The summed E-state index contributed by atoms with van der Waals surface area (Å²) in [5.41, 5.74) is 3.89. The molecule has 1 aliphatic carbocycles. The minimum absolute atomic E-state index is 0.0792. The summed E-state index contributed by atoms with van der Waals surface area (Å²) in [7, 11) is 0. The molecule has 1 aliphatic rings. The Balaban J connectivity index is 2.24. The van der Waals surface area contributed by atoms with Crippen molar-refractivity contribution in [2.45, 2.75) is 45.4 Å². The topological polar surface area (TPSA) is 76.4 Å². The van der Waals surface area contributed by atoms with Crippen LogP contribution in [0.4, 0.5) is 35.0 Å². The molecule has 0 radical (unpaired) electrons. The number of ether oxygens (including phenoxy) is 1. The van der Waals surface area contributed by atoms with Crippen LogP contribution in [0.1, 0.15) is 39.2 Å². The van der Waals surface area contributed by atoms with E-state index in [9.17, 15) is 18.0 Å². The molecule has 0 aromatic heterocycles. The lowest BCUT2D eigenvalue weighted by molar-refractivity contribution is -0.136. The number of anilines is 3. The minimum atomic E-state index is -4.54. The molecule has 24 heavy (non-hydrogen) atoms. The molecular weight excluding hydrogens is 323 g/mol. The zero-order chi connectivity index (χ0) is 18.1. The van der Waals surface area contributed by atoms with E-state index in [0.29, 0.717) is 12.5 Å². The Morgan fingerprint density at radius 1 is 1.25 bits per heavy atom. The van der Waals surface area contributed by atoms with Crippen LogP contribution in [0.15, 0.2) is 12.1 Å². The molecule has 1 aromatic carbocycles. The lowest BCUT2D eigenvalue weighted by atomic mass is 10.1. The molecule has 1 saturated carbocycles. The smallest absolute Gasteiger partial charge is 0.418 e. The monoisotopic (exact) mass is 345 g/mol. The van der Waals surface area contributed by atoms with Crippen molar-refractivity contribution < 1.29 is 22.7 Å². The van der Waals surface area contributed by atoms with Crippen LogP contribution >= 0.6 is 0 Å². The maximum atomic E-state index is 13.2. The van der Waals surface area contributed by atoms with Gasteiger partial charge in [0, 0.05) is 12.2 Å². The number of carbonyl (C=O) groups excluding carboxylic acids is 1. The molecular formula is C16H22F3N3O2. The Labute approximate surface area is 138 Å². The van der Waals surface area contributed by atoms with Crippen molar-refractivity contribution in [1.29, 1.82) is 0 Å². The van der Waals surface area contributed by atoms with Gasteiger partial charge in [0.05, 0.1) is 16.9 Å². The van der Waals surface area contributed by atoms with E-state index in [1.54, 1.807) is 20.8 Å². The molecule has 0 bridgehead atoms. The number of benzene rings is 1. The van der Waals surface area contributed by atoms with Gasteiger partial charge in [-0.3, -0.25) is 5.32 Å². The molecule has 0 heterocycles. The zero-order valence-electron chi connectivity index (χ0n) is 13.9. The molecule has 1 fully saturated rings. The maximum absolute atomic E-state index is 13.2. The van der Waals surface area contributed by atoms with E-state index in [1.807, 2.05) is 0 Å². The number of nitrogens with two attached hydrogens (primary N) is 1. The largest absolute Gasteiger partial charge is 0.444 e. The summed E-state index contributed by atoms with van der Waals surface area (Å²) in [6, 6.07) is 2.02. The van der Waals surface area contributed by atoms with E-state index in [1.165, 1.54) is 6.07 Å². The lowest BCUT2D eigenvalue weighted by Crippen LogP contribution is -2.27. The summed E-state index contributed by atoms with van der Waals surface area (Å²) in [6.45, 7) is 5.51. The van der Waals surface area contributed by atoms with E-state index in [-0.39, 0.29) is 17.1 Å². The van der Waals surface area contributed by atoms with E-state index >= 15 is 0 Å². The number of hydrogen-bond donors (Lipinski definition) is 3. The molecule has 0 saturated heterocycles. The first-order valence-electron chi connectivity index (χ1n) is 7.70. The fraction of sp³-hybridized carbons (Fsp3) is 0.562. The fourth-order valence-electron chi connectivity index (χ4n) is 2.10. The molecule has 2 rings (SSSR count). The van der Waals surface area contributed by atoms with Gasteiger partial charge in [-0.05, 0) is 51.7 Å². The summed E-state index contributed by atoms with van der Waals surface area (Å²) in [5, 5.41) is 5.20. The van der Waals surface area contributed by atoms with Gasteiger partial charge in [-0.25, -0.2) is 4.79 Å². The van der Waals surface area contributed by atoms with Crippen LogP contribution in [-0.2, 0) is 10.9 Å². The number of nitrogens with one attached hydrogen (secondary N) is 2. The second-order valence-corrected chi connectivity index (χ2v) is 6.93. The van der Waals surface area contributed by atoms with Crippen LogP contribution < -0.4 is 16.4 Å². The van der Waals surface area contributed by atoms with Gasteiger partial charge in [0.25, 0.3) is 0 Å². The molecule has 134 valence electrons. The molecule has 1 amide bonds. The Morgan fingerprint density at radius 2 is 1.88 bits per heavy atom. The van der Waals surface area contributed by atoms with E-state index < -0.39 is 23.4 Å². The molecule has 1 aromatic rings. The fourth-order valence-corrected chi connectivity index (χ4v) is 2.10. The Morgan fingerprint density at radius 3 is 2.38 bits per heavy atom. The van der Waals surface area contributed by atoms with E-state index in [2.05, 4.69) is 10.6 Å². The molecule has 0 unspecified atom stereocenters. The first-order chi connectivity index (χ1) is 11.0. The van der Waals surface area contributed by atoms with Crippen molar-refractivity contribution in [3.8, 4) is 0 Å². The third kappa shape index (κ3) is 5.21. The Kier molecular flexibility index (Phi) is 4.87. The quantitative estimate of drug-likeness (QED) is 0.704. The van der Waals surface area contributed by atoms with Gasteiger partial charge in [-0.2, -0.15) is 13.2 Å². The highest BCUT2D eigenvalue weighted by atomic mass is 19.4. The lowest BCUT2D eigenvalue weighted by Gasteiger charge is -2.21. The summed E-state index contributed by atoms with van der Waals surface area (Å²) in [6.07, 6.45) is -3.30. The highest BCUT2D eigenvalue weighted by Crippen LogP contribution is 2.40. The highest BCUT2D eigenvalue weighted by Gasteiger charge is 2.35. The third-order valence-electron chi connectivity index (χ3n) is 3.41. The molecule has 4 N–H and O–H groups in total. The molecule has 5 nitrogen and oxygen atoms in total. The predicted molar refractivity (Wildman–Crippen MR) is 86.9 cm³/mol. The second-order valence-electron chi connectivity index (χ2n) is 6.93. The first-order valence-corrected chi connectivity index (χ1v) is 7.70. The zero-order valence-corrected chi connectivity index (χ0v) is 13.9. The SMILES string of the molecule is CC(C)(C)OC(=O)Nc1cc(NCC2CC2)c(C(F)(F)F)cc1N. The van der Waals surface area contributed by atoms with Crippen LogP contribution in [0.25, 0.3) is 0 Å². The summed E-state index contributed by atoms with van der Waals surface area (Å²) < 4.78 is 44.6. The third-order valence-corrected chi connectivity index (χ3v) is 3.41. The molecule has 0 spiro atoms. The average molecular weight is 345 g/mol. The van der Waals surface area contributed by atoms with Crippen LogP contribution in [0.3, 0.4) is 0 Å². The van der Waals surface area contributed by atoms with Gasteiger partial charge in [0.1, 0.15) is 5.60 Å². The van der Waals surface area contributed by atoms with Crippen molar-refractivity contribution in [3.63, 3.8) is 0 Å². The summed E-state index contributed by atoms with van der Waals surface area (Å²) >= 11 is 0. The number of carbonyl (C=O) groups is 1. The second kappa shape index (κ2) is 6.41. The van der Waals surface area contributed by atoms with Crippen LogP contribution in [0.5, 0.6) is 0 Å². The standard InChI is InChI=1S/C16H22F3N3O2/c1-15(2,3)24-14(23)22-13-7-12(21-8-9-4-5-9)10(6-11(13)20)16(17,18)19/h6-7,9,21H,4-5,8,20H2,1-3H3,(H,22,23). The van der Waals surface area contributed by atoms with Gasteiger partial charge >= 0.3 is 12.3 Å². The maximum Gasteiger partial charge on any atom is 0.418 e. The minimum Gasteiger partial charge on any atom is -0.444 e. The Bertz CT molecular complexity index is 620. The van der Waals surface area contributed by atoms with Crippen LogP contribution in [0, 0.1) is 5.92 Å². The van der Waals surface area contributed by atoms with Crippen molar-refractivity contribution >= 4 is 23.2 Å². The van der Waals surface area contributed by atoms with E-state index in [0.717, 1.165) is 18.9 Å². The number of nitrogen functional groups attached to an aromatic ring is 1. The summed E-state index contributed by atoms with van der Waals surface area (Å²) in [5.74, 6) is 0.394. The highest BCUT2D eigenvalue weighted by molar-refractivity contribution is 5.91. The molecule has 8 heteroatoms. The van der Waals surface area contributed by atoms with Crippen molar-refractivity contribution in [2.75, 3.05) is 22.9 Å². The van der Waals surface area contributed by atoms with Crippen LogP contribution in [0.2, 0.25) is 0 Å². The molecule has 0 atom stereocenters. The normalized spacial score (nSPS) is 15.1. The van der Waals surface area contributed by atoms with Crippen LogP contribution in [-0.4, -0.2) is 18.2 Å². The van der Waals surface area contributed by atoms with Gasteiger partial charge in [-0.15, -0.1) is 0 Å². The van der Waals surface area contributed by atoms with Gasteiger partial charge in [-0.1, -0.05) is 0 Å². The number of rotatable bonds is 4. The Hall–Kier alpha value is -2.12. The average Bonchev–Trinajstić information content (AvgIpc) is 3.19. The van der Waals surface area contributed by atoms with Gasteiger partial charge in [0.2, 0.25) is 0 Å². The van der Waals surface area contributed by atoms with Crippen molar-refractivity contribution in [2.24, 2.45) is 5.92 Å². The predicted octanol–water partition coefficient (Wildman–Crippen LogP) is 4.46. The van der Waals surface area contributed by atoms with Gasteiger partial charge < -0.3 is 15.8 Å². The van der Waals surface area contributed by atoms with Crippen molar-refractivity contribution in [1.82, 2.24) is 0 Å². The first kappa shape index (κ1) is 18.2. The number of hydrogen-bond acceptors (Lipinski definition) is 4. The van der Waals surface area contributed by atoms with Gasteiger partial charge in [0.15, 0.2) is 0 Å². The summed E-state index contributed by atoms with van der Waals surface area (Å²) in [4.78, 5) is 11.8.